The van der Waals surface area contributed by atoms with Crippen LogP contribution in [0.3, 0.4) is 0 Å². The Balaban J connectivity index is 1.39. The van der Waals surface area contributed by atoms with Gasteiger partial charge >= 0.3 is 5.97 Å². The maximum absolute atomic E-state index is 14.5. The number of nitrogens with zero attached hydrogens (tertiary/aromatic N) is 4. The lowest BCUT2D eigenvalue weighted by Crippen LogP contribution is -2.30. The molecule has 0 bridgehead atoms. The fourth-order valence-corrected chi connectivity index (χ4v) is 4.81. The number of alkyl halides is 2. The minimum Gasteiger partial charge on any atom is -0.478 e. The Morgan fingerprint density at radius 2 is 1.95 bits per heavy atom. The first-order valence-electron chi connectivity index (χ1n) is 12.3. The van der Waals surface area contributed by atoms with Crippen molar-refractivity contribution in [3.05, 3.63) is 93.4 Å². The zero-order valence-electron chi connectivity index (χ0n) is 21.3. The molecular weight excluding hydrogens is 529 g/mol. The second-order valence-corrected chi connectivity index (χ2v) is 9.55. The van der Waals surface area contributed by atoms with Gasteiger partial charge in [-0.3, -0.25) is 14.6 Å². The number of fused-ring (bicyclic) bond motifs is 2. The second kappa shape index (κ2) is 10.1. The Labute approximate surface area is 225 Å². The summed E-state index contributed by atoms with van der Waals surface area (Å²) in [6.45, 7) is 2.29. The molecule has 0 saturated carbocycles. The number of amides is 2. The second-order valence-electron chi connectivity index (χ2n) is 9.55. The number of hydrogen-bond acceptors (Lipinski definition) is 6. The highest BCUT2D eigenvalue weighted by molar-refractivity contribution is 5.98. The van der Waals surface area contributed by atoms with E-state index in [2.05, 4.69) is 25.7 Å². The molecule has 1 aromatic carbocycles. The third-order valence-electron chi connectivity index (χ3n) is 6.85. The molecule has 3 N–H and O–H groups in total. The fraction of sp³-hybridized carbons (Fsp3) is 0.259. The molecule has 40 heavy (non-hydrogen) atoms. The van der Waals surface area contributed by atoms with E-state index in [1.165, 1.54) is 18.3 Å². The molecule has 13 heteroatoms. The number of hydrogen-bond donors (Lipinski definition) is 3. The number of pyridine rings is 1. The van der Waals surface area contributed by atoms with Crippen molar-refractivity contribution < 1.29 is 32.7 Å². The van der Waals surface area contributed by atoms with E-state index in [-0.39, 0.29) is 29.1 Å². The van der Waals surface area contributed by atoms with Crippen molar-refractivity contribution >= 4 is 23.4 Å². The molecule has 4 aromatic rings. The van der Waals surface area contributed by atoms with Crippen molar-refractivity contribution in [3.63, 3.8) is 0 Å². The van der Waals surface area contributed by atoms with Gasteiger partial charge in [0.2, 0.25) is 0 Å². The first kappa shape index (κ1) is 26.8. The standard InChI is InChI=1S/C27H23F3N6O4/c1-13-15-5-6-19(17(15)4-3-16(13)26(39)40)35-25(38)21-10-20(34-23-18(28)12-33-36(21)23)24(37)32-11-14-7-8-31-22(9-14)27(2,29)30/h3-4,7-10,12,19H,5-6,11H2,1-2H3,(H,32,37)(H,35,38)(H,39,40)/t19-/m0/s1. The summed E-state index contributed by atoms with van der Waals surface area (Å²) in [5, 5.41) is 18.7. The van der Waals surface area contributed by atoms with Crippen molar-refractivity contribution in [1.29, 1.82) is 0 Å². The van der Waals surface area contributed by atoms with Crippen LogP contribution in [0.15, 0.2) is 42.7 Å². The van der Waals surface area contributed by atoms with Crippen LogP contribution in [0.1, 0.15) is 78.7 Å². The predicted octanol–water partition coefficient (Wildman–Crippen LogP) is 3.73. The van der Waals surface area contributed by atoms with Gasteiger partial charge in [0, 0.05) is 25.7 Å². The number of rotatable bonds is 7. The number of halogens is 3. The molecule has 0 fully saturated rings. The van der Waals surface area contributed by atoms with E-state index in [0.717, 1.165) is 34.0 Å². The molecule has 0 aliphatic heterocycles. The molecule has 10 nitrogen and oxygen atoms in total. The van der Waals surface area contributed by atoms with Gasteiger partial charge in [-0.1, -0.05) is 6.07 Å². The zero-order valence-corrected chi connectivity index (χ0v) is 21.3. The van der Waals surface area contributed by atoms with Crippen molar-refractivity contribution in [1.82, 2.24) is 30.2 Å². The quantitative estimate of drug-likeness (QED) is 0.318. The van der Waals surface area contributed by atoms with Gasteiger partial charge in [-0.2, -0.15) is 13.9 Å². The minimum atomic E-state index is -3.16. The summed E-state index contributed by atoms with van der Waals surface area (Å²) >= 11 is 0. The van der Waals surface area contributed by atoms with E-state index in [1.54, 1.807) is 13.0 Å². The van der Waals surface area contributed by atoms with Gasteiger partial charge in [-0.25, -0.2) is 18.7 Å². The van der Waals surface area contributed by atoms with E-state index < -0.39 is 41.3 Å². The van der Waals surface area contributed by atoms with Gasteiger partial charge < -0.3 is 15.7 Å². The molecule has 0 radical (unpaired) electrons. The van der Waals surface area contributed by atoms with Crippen LogP contribution >= 0.6 is 0 Å². The van der Waals surface area contributed by atoms with E-state index in [1.807, 2.05) is 0 Å². The Morgan fingerprint density at radius 3 is 2.67 bits per heavy atom. The van der Waals surface area contributed by atoms with E-state index in [0.29, 0.717) is 30.9 Å². The first-order valence-corrected chi connectivity index (χ1v) is 12.3. The molecule has 3 aromatic heterocycles. The summed E-state index contributed by atoms with van der Waals surface area (Å²) < 4.78 is 42.6. The van der Waals surface area contributed by atoms with Crippen LogP contribution in [0.2, 0.25) is 0 Å². The van der Waals surface area contributed by atoms with Gasteiger partial charge in [-0.05, 0) is 60.2 Å². The number of nitrogens with one attached hydrogen (secondary N) is 2. The summed E-state index contributed by atoms with van der Waals surface area (Å²) in [7, 11) is 0. The largest absolute Gasteiger partial charge is 0.478 e. The highest BCUT2D eigenvalue weighted by atomic mass is 19.3. The molecule has 0 unspecified atom stereocenters. The lowest BCUT2D eigenvalue weighted by molar-refractivity contribution is 0.0126. The molecule has 1 aliphatic rings. The maximum Gasteiger partial charge on any atom is 0.335 e. The van der Waals surface area contributed by atoms with Crippen LogP contribution in [0.4, 0.5) is 13.2 Å². The molecular formula is C27H23F3N6O4. The van der Waals surface area contributed by atoms with E-state index >= 15 is 0 Å². The topological polar surface area (TPSA) is 139 Å². The van der Waals surface area contributed by atoms with Crippen LogP contribution < -0.4 is 10.6 Å². The van der Waals surface area contributed by atoms with Crippen molar-refractivity contribution in [3.8, 4) is 0 Å². The molecule has 1 atom stereocenters. The van der Waals surface area contributed by atoms with Crippen LogP contribution in [-0.2, 0) is 18.9 Å². The SMILES string of the molecule is Cc1c(C(=O)O)ccc2c1CC[C@@H]2NC(=O)c1cc(C(=O)NCc2ccnc(C(C)(F)F)c2)nc2c(F)cnn12. The van der Waals surface area contributed by atoms with Gasteiger partial charge in [0.1, 0.15) is 17.1 Å². The highest BCUT2D eigenvalue weighted by Crippen LogP contribution is 2.35. The van der Waals surface area contributed by atoms with E-state index in [9.17, 15) is 32.7 Å². The average Bonchev–Trinajstić information content (AvgIpc) is 3.50. The summed E-state index contributed by atoms with van der Waals surface area (Å²) in [6.07, 6.45) is 3.15. The molecule has 206 valence electrons. The molecule has 0 spiro atoms. The number of carbonyl (C=O) groups is 3. The summed E-state index contributed by atoms with van der Waals surface area (Å²) in [5.41, 5.74) is 1.57. The number of aromatic nitrogens is 4. The Kier molecular flexibility index (Phi) is 6.74. The molecule has 2 amide bonds. The van der Waals surface area contributed by atoms with Crippen molar-refractivity contribution in [2.24, 2.45) is 0 Å². The lowest BCUT2D eigenvalue weighted by atomic mass is 9.98. The molecule has 0 saturated heterocycles. The minimum absolute atomic E-state index is 0.142. The Hall–Kier alpha value is -4.81. The van der Waals surface area contributed by atoms with Crippen LogP contribution in [0.25, 0.3) is 5.65 Å². The monoisotopic (exact) mass is 552 g/mol. The van der Waals surface area contributed by atoms with Gasteiger partial charge in [0.25, 0.3) is 17.7 Å². The fourth-order valence-electron chi connectivity index (χ4n) is 4.81. The summed E-state index contributed by atoms with van der Waals surface area (Å²) in [4.78, 5) is 45.4. The zero-order chi connectivity index (χ0) is 28.8. The Morgan fingerprint density at radius 1 is 1.18 bits per heavy atom. The normalized spacial score (nSPS) is 14.7. The number of benzene rings is 1. The molecule has 3 heterocycles. The molecule has 5 rings (SSSR count). The summed E-state index contributed by atoms with van der Waals surface area (Å²) in [6, 6.07) is 6.50. The molecule has 1 aliphatic carbocycles. The van der Waals surface area contributed by atoms with Crippen LogP contribution in [0, 0.1) is 12.7 Å². The highest BCUT2D eigenvalue weighted by Gasteiger charge is 2.29. The maximum atomic E-state index is 14.5. The van der Waals surface area contributed by atoms with E-state index in [4.69, 9.17) is 0 Å². The first-order chi connectivity index (χ1) is 18.9. The van der Waals surface area contributed by atoms with Gasteiger partial charge in [0.05, 0.1) is 17.8 Å². The third-order valence-corrected chi connectivity index (χ3v) is 6.85. The number of carboxylic acids is 1. The Bertz CT molecular complexity index is 1680. The predicted molar refractivity (Wildman–Crippen MR) is 135 cm³/mol. The van der Waals surface area contributed by atoms with Gasteiger partial charge in [-0.15, -0.1) is 0 Å². The van der Waals surface area contributed by atoms with Crippen LogP contribution in [-0.4, -0.2) is 42.5 Å². The smallest absolute Gasteiger partial charge is 0.335 e. The van der Waals surface area contributed by atoms with Gasteiger partial charge in [0.15, 0.2) is 11.5 Å². The number of aromatic carboxylic acids is 1. The number of carboxylic acid groups (broad SMARTS) is 1. The van der Waals surface area contributed by atoms with Crippen molar-refractivity contribution in [2.45, 2.75) is 45.2 Å². The number of carbonyl (C=O) groups excluding carboxylic acids is 2. The average molecular weight is 553 g/mol. The van der Waals surface area contributed by atoms with Crippen LogP contribution in [0.5, 0.6) is 0 Å². The summed E-state index contributed by atoms with van der Waals surface area (Å²) in [5.74, 6) is -6.46. The lowest BCUT2D eigenvalue weighted by Gasteiger charge is -2.16. The van der Waals surface area contributed by atoms with Crippen molar-refractivity contribution in [2.75, 3.05) is 0 Å². The third kappa shape index (κ3) is 4.97.